The van der Waals surface area contributed by atoms with E-state index in [1.807, 2.05) is 13.0 Å². The highest BCUT2D eigenvalue weighted by Gasteiger charge is 2.27. The lowest BCUT2D eigenvalue weighted by Gasteiger charge is -2.28. The third-order valence-electron chi connectivity index (χ3n) is 3.92. The van der Waals surface area contributed by atoms with Crippen molar-refractivity contribution in [2.45, 2.75) is 38.6 Å². The first kappa shape index (κ1) is 14.4. The van der Waals surface area contributed by atoms with Gasteiger partial charge in [-0.2, -0.15) is 0 Å². The molecule has 0 saturated heterocycles. The molecule has 1 aliphatic carbocycles. The highest BCUT2D eigenvalue weighted by Crippen LogP contribution is 2.24. The van der Waals surface area contributed by atoms with Crippen molar-refractivity contribution in [1.82, 2.24) is 5.32 Å². The smallest absolute Gasteiger partial charge is 0.251 e. The summed E-state index contributed by atoms with van der Waals surface area (Å²) in [6.45, 7) is 1.88. The predicted molar refractivity (Wildman–Crippen MR) is 78.0 cm³/mol. The molecule has 0 radical (unpaired) electrons. The monoisotopic (exact) mass is 275 g/mol. The minimum Gasteiger partial charge on any atom is -0.399 e. The maximum Gasteiger partial charge on any atom is 0.251 e. The second kappa shape index (κ2) is 5.94. The molecule has 0 aliphatic heterocycles. The van der Waals surface area contributed by atoms with E-state index < -0.39 is 0 Å². The second-order valence-corrected chi connectivity index (χ2v) is 5.51. The van der Waals surface area contributed by atoms with Gasteiger partial charge in [0.25, 0.3) is 5.91 Å². The summed E-state index contributed by atoms with van der Waals surface area (Å²) in [5.41, 5.74) is 13.1. The summed E-state index contributed by atoms with van der Waals surface area (Å²) in [6.07, 6.45) is 3.24. The third kappa shape index (κ3) is 3.29. The van der Waals surface area contributed by atoms with Crippen molar-refractivity contribution >= 4 is 17.5 Å². The van der Waals surface area contributed by atoms with Crippen LogP contribution in [0.4, 0.5) is 5.69 Å². The van der Waals surface area contributed by atoms with Gasteiger partial charge in [-0.15, -0.1) is 0 Å². The van der Waals surface area contributed by atoms with Crippen molar-refractivity contribution < 1.29 is 9.59 Å². The molecule has 0 spiro atoms. The van der Waals surface area contributed by atoms with Crippen LogP contribution >= 0.6 is 0 Å². The molecule has 1 fully saturated rings. The van der Waals surface area contributed by atoms with Crippen molar-refractivity contribution in [3.63, 3.8) is 0 Å². The minimum atomic E-state index is -0.274. The molecule has 5 nitrogen and oxygen atoms in total. The number of amides is 2. The molecule has 5 heteroatoms. The van der Waals surface area contributed by atoms with Crippen LogP contribution in [0.25, 0.3) is 0 Å². The van der Waals surface area contributed by atoms with Gasteiger partial charge in [-0.05, 0) is 43.9 Å². The molecule has 20 heavy (non-hydrogen) atoms. The van der Waals surface area contributed by atoms with Crippen LogP contribution in [0.5, 0.6) is 0 Å². The number of carbonyl (C=O) groups excluding carboxylic acids is 2. The first-order valence-electron chi connectivity index (χ1n) is 6.93. The van der Waals surface area contributed by atoms with Gasteiger partial charge in [-0.3, -0.25) is 9.59 Å². The highest BCUT2D eigenvalue weighted by molar-refractivity contribution is 5.96. The Morgan fingerprint density at radius 1 is 1.30 bits per heavy atom. The first-order valence-corrected chi connectivity index (χ1v) is 6.93. The SMILES string of the molecule is Cc1ccc(N)cc1C(=O)NC1CCCC(C(N)=O)C1. The lowest BCUT2D eigenvalue weighted by atomic mass is 9.85. The number of primary amides is 1. The van der Waals surface area contributed by atoms with Crippen LogP contribution in [0.2, 0.25) is 0 Å². The molecule has 1 aromatic carbocycles. The fourth-order valence-electron chi connectivity index (χ4n) is 2.73. The summed E-state index contributed by atoms with van der Waals surface area (Å²) in [7, 11) is 0. The topological polar surface area (TPSA) is 98.2 Å². The van der Waals surface area contributed by atoms with Gasteiger partial charge in [0, 0.05) is 23.2 Å². The third-order valence-corrected chi connectivity index (χ3v) is 3.92. The van der Waals surface area contributed by atoms with E-state index in [1.165, 1.54) is 0 Å². The van der Waals surface area contributed by atoms with Crippen molar-refractivity contribution in [3.05, 3.63) is 29.3 Å². The standard InChI is InChI=1S/C15H21N3O2/c1-9-5-6-11(16)8-13(9)15(20)18-12-4-2-3-10(7-12)14(17)19/h5-6,8,10,12H,2-4,7,16H2,1H3,(H2,17,19)(H,18,20). The van der Waals surface area contributed by atoms with Crippen molar-refractivity contribution in [2.75, 3.05) is 5.73 Å². The summed E-state index contributed by atoms with van der Waals surface area (Å²) >= 11 is 0. The quantitative estimate of drug-likeness (QED) is 0.726. The number of hydrogen-bond donors (Lipinski definition) is 3. The number of benzene rings is 1. The van der Waals surface area contributed by atoms with Crippen LogP contribution in [0, 0.1) is 12.8 Å². The van der Waals surface area contributed by atoms with Gasteiger partial charge in [0.15, 0.2) is 0 Å². The van der Waals surface area contributed by atoms with Gasteiger partial charge >= 0.3 is 0 Å². The van der Waals surface area contributed by atoms with Crippen LogP contribution in [-0.2, 0) is 4.79 Å². The van der Waals surface area contributed by atoms with E-state index in [0.29, 0.717) is 17.7 Å². The zero-order valence-corrected chi connectivity index (χ0v) is 11.7. The molecule has 1 aliphatic rings. The molecular formula is C15H21N3O2. The molecule has 0 bridgehead atoms. The normalized spacial score (nSPS) is 22.2. The van der Waals surface area contributed by atoms with Crippen LogP contribution < -0.4 is 16.8 Å². The molecule has 108 valence electrons. The number of nitrogens with one attached hydrogen (secondary N) is 1. The molecule has 2 rings (SSSR count). The number of carbonyl (C=O) groups is 2. The van der Waals surface area contributed by atoms with E-state index in [-0.39, 0.29) is 23.8 Å². The van der Waals surface area contributed by atoms with Crippen LogP contribution in [0.1, 0.15) is 41.6 Å². The number of anilines is 1. The summed E-state index contributed by atoms with van der Waals surface area (Å²) < 4.78 is 0. The Morgan fingerprint density at radius 2 is 2.05 bits per heavy atom. The van der Waals surface area contributed by atoms with E-state index in [9.17, 15) is 9.59 Å². The molecular weight excluding hydrogens is 254 g/mol. The Morgan fingerprint density at radius 3 is 2.75 bits per heavy atom. The molecule has 0 heterocycles. The highest BCUT2D eigenvalue weighted by atomic mass is 16.2. The predicted octanol–water partition coefficient (Wildman–Crippen LogP) is 1.35. The maximum absolute atomic E-state index is 12.3. The lowest BCUT2D eigenvalue weighted by Crippen LogP contribution is -2.41. The second-order valence-electron chi connectivity index (χ2n) is 5.51. The summed E-state index contributed by atoms with van der Waals surface area (Å²) in [5, 5.41) is 2.99. The van der Waals surface area contributed by atoms with Gasteiger partial charge in [0.1, 0.15) is 0 Å². The molecule has 2 atom stereocenters. The molecule has 2 amide bonds. The van der Waals surface area contributed by atoms with Crippen LogP contribution in [0.3, 0.4) is 0 Å². The fourth-order valence-corrected chi connectivity index (χ4v) is 2.73. The van der Waals surface area contributed by atoms with Crippen LogP contribution in [0.15, 0.2) is 18.2 Å². The van der Waals surface area contributed by atoms with Crippen LogP contribution in [-0.4, -0.2) is 17.9 Å². The molecule has 1 aromatic rings. The maximum atomic E-state index is 12.3. The largest absolute Gasteiger partial charge is 0.399 e. The Balaban J connectivity index is 2.04. The Bertz CT molecular complexity index is 528. The molecule has 1 saturated carbocycles. The van der Waals surface area contributed by atoms with E-state index in [4.69, 9.17) is 11.5 Å². The van der Waals surface area contributed by atoms with Gasteiger partial charge in [0.05, 0.1) is 0 Å². The van der Waals surface area contributed by atoms with Crippen molar-refractivity contribution in [1.29, 1.82) is 0 Å². The number of nitrogen functional groups attached to an aromatic ring is 1. The van der Waals surface area contributed by atoms with Gasteiger partial charge in [-0.1, -0.05) is 12.5 Å². The van der Waals surface area contributed by atoms with E-state index in [0.717, 1.165) is 24.8 Å². The zero-order chi connectivity index (χ0) is 14.7. The minimum absolute atomic E-state index is 0.00887. The van der Waals surface area contributed by atoms with Gasteiger partial charge in [0.2, 0.25) is 5.91 Å². The number of nitrogens with two attached hydrogens (primary N) is 2. The summed E-state index contributed by atoms with van der Waals surface area (Å²) in [6, 6.07) is 5.29. The molecule has 2 unspecified atom stereocenters. The average molecular weight is 275 g/mol. The number of aryl methyl sites for hydroxylation is 1. The van der Waals surface area contributed by atoms with E-state index >= 15 is 0 Å². The fraction of sp³-hybridized carbons (Fsp3) is 0.467. The Labute approximate surface area is 118 Å². The number of hydrogen-bond acceptors (Lipinski definition) is 3. The molecule has 5 N–H and O–H groups in total. The van der Waals surface area contributed by atoms with Gasteiger partial charge < -0.3 is 16.8 Å². The average Bonchev–Trinajstić information content (AvgIpc) is 2.41. The van der Waals surface area contributed by atoms with Crippen molar-refractivity contribution in [3.8, 4) is 0 Å². The van der Waals surface area contributed by atoms with E-state index in [1.54, 1.807) is 12.1 Å². The van der Waals surface area contributed by atoms with Crippen molar-refractivity contribution in [2.24, 2.45) is 11.7 Å². The molecule has 0 aromatic heterocycles. The Kier molecular flexibility index (Phi) is 4.27. The van der Waals surface area contributed by atoms with Gasteiger partial charge in [-0.25, -0.2) is 0 Å². The first-order chi connectivity index (χ1) is 9.47. The van der Waals surface area contributed by atoms with E-state index in [2.05, 4.69) is 5.32 Å². The Hall–Kier alpha value is -2.04. The zero-order valence-electron chi connectivity index (χ0n) is 11.7. The number of rotatable bonds is 3. The summed E-state index contributed by atoms with van der Waals surface area (Å²) in [5.74, 6) is -0.537. The summed E-state index contributed by atoms with van der Waals surface area (Å²) in [4.78, 5) is 23.5. The lowest BCUT2D eigenvalue weighted by molar-refractivity contribution is -0.122.